The monoisotopic (exact) mass is 212 g/mol. The minimum atomic E-state index is -0.252. The maximum atomic E-state index is 11.5. The van der Waals surface area contributed by atoms with Crippen LogP contribution in [0, 0.1) is 5.92 Å². The summed E-state index contributed by atoms with van der Waals surface area (Å²) in [6, 6.07) is 9.78. The fourth-order valence-corrected chi connectivity index (χ4v) is 1.62. The van der Waals surface area contributed by atoms with Crippen LogP contribution >= 0.6 is 0 Å². The summed E-state index contributed by atoms with van der Waals surface area (Å²) in [6.07, 6.45) is 6.92. The lowest BCUT2D eigenvalue weighted by Gasteiger charge is -2.09. The minimum Gasteiger partial charge on any atom is -0.298 e. The second-order valence-corrected chi connectivity index (χ2v) is 3.76. The summed E-state index contributed by atoms with van der Waals surface area (Å²) < 4.78 is 0. The third-order valence-corrected chi connectivity index (χ3v) is 2.51. The van der Waals surface area contributed by atoms with Gasteiger partial charge in [-0.2, -0.15) is 0 Å². The highest BCUT2D eigenvalue weighted by Crippen LogP contribution is 2.14. The van der Waals surface area contributed by atoms with E-state index in [9.17, 15) is 9.59 Å². The van der Waals surface area contributed by atoms with Crippen LogP contribution in [0.3, 0.4) is 0 Å². The van der Waals surface area contributed by atoms with E-state index in [2.05, 4.69) is 0 Å². The van der Waals surface area contributed by atoms with Crippen LogP contribution in [0.1, 0.15) is 12.0 Å². The Morgan fingerprint density at radius 3 is 2.56 bits per heavy atom. The molecule has 0 aliphatic heterocycles. The number of hydrogen-bond acceptors (Lipinski definition) is 2. The van der Waals surface area contributed by atoms with Crippen molar-refractivity contribution in [3.8, 4) is 0 Å². The molecule has 0 saturated heterocycles. The Kier molecular flexibility index (Phi) is 3.10. The molecule has 2 heteroatoms. The lowest BCUT2D eigenvalue weighted by molar-refractivity contribution is -0.126. The van der Waals surface area contributed by atoms with Gasteiger partial charge in [-0.3, -0.25) is 9.59 Å². The molecular weight excluding hydrogens is 200 g/mol. The molecule has 1 aliphatic carbocycles. The van der Waals surface area contributed by atoms with Gasteiger partial charge in [0.1, 0.15) is 0 Å². The molecule has 0 heterocycles. The molecule has 0 N–H and O–H groups in total. The van der Waals surface area contributed by atoms with Crippen molar-refractivity contribution in [3.63, 3.8) is 0 Å². The minimum absolute atomic E-state index is 0.0281. The van der Waals surface area contributed by atoms with Crippen molar-refractivity contribution >= 4 is 17.6 Å². The van der Waals surface area contributed by atoms with E-state index in [-0.39, 0.29) is 23.9 Å². The lowest BCUT2D eigenvalue weighted by Crippen LogP contribution is -2.18. The molecule has 0 spiro atoms. The van der Waals surface area contributed by atoms with Gasteiger partial charge in [-0.05, 0) is 11.6 Å². The summed E-state index contributed by atoms with van der Waals surface area (Å²) in [5.41, 5.74) is 1.06. The molecule has 1 aliphatic rings. The smallest absolute Gasteiger partial charge is 0.162 e. The van der Waals surface area contributed by atoms with Crippen LogP contribution in [0.5, 0.6) is 0 Å². The van der Waals surface area contributed by atoms with Crippen LogP contribution in [-0.2, 0) is 9.59 Å². The quantitative estimate of drug-likeness (QED) is 0.705. The van der Waals surface area contributed by atoms with Crippen molar-refractivity contribution < 1.29 is 9.59 Å². The fourth-order valence-electron chi connectivity index (χ4n) is 1.62. The molecule has 2 nitrogen and oxygen atoms in total. The third-order valence-electron chi connectivity index (χ3n) is 2.51. The van der Waals surface area contributed by atoms with Gasteiger partial charge in [-0.15, -0.1) is 0 Å². The van der Waals surface area contributed by atoms with Crippen molar-refractivity contribution in [1.29, 1.82) is 0 Å². The lowest BCUT2D eigenvalue weighted by atomic mass is 9.93. The molecule has 0 radical (unpaired) electrons. The number of allylic oxidation sites excluding steroid dienone is 3. The van der Waals surface area contributed by atoms with Crippen molar-refractivity contribution in [1.82, 2.24) is 0 Å². The predicted octanol–water partition coefficient (Wildman–Crippen LogP) is 2.41. The number of benzene rings is 1. The Morgan fingerprint density at radius 2 is 1.88 bits per heavy atom. The zero-order chi connectivity index (χ0) is 11.4. The highest BCUT2D eigenvalue weighted by molar-refractivity contribution is 6.09. The van der Waals surface area contributed by atoms with E-state index in [1.165, 1.54) is 6.08 Å². The van der Waals surface area contributed by atoms with E-state index in [1.807, 2.05) is 42.5 Å². The molecule has 0 saturated carbocycles. The highest BCUT2D eigenvalue weighted by Gasteiger charge is 2.19. The van der Waals surface area contributed by atoms with E-state index in [0.717, 1.165) is 5.56 Å². The molecule has 1 aromatic rings. The van der Waals surface area contributed by atoms with Crippen LogP contribution in [-0.4, -0.2) is 11.6 Å². The Labute approximate surface area is 94.3 Å². The van der Waals surface area contributed by atoms with Gasteiger partial charge >= 0.3 is 0 Å². The van der Waals surface area contributed by atoms with Crippen LogP contribution < -0.4 is 0 Å². The first-order valence-corrected chi connectivity index (χ1v) is 5.23. The normalized spacial score (nSPS) is 20.6. The van der Waals surface area contributed by atoms with Crippen LogP contribution in [0.15, 0.2) is 48.6 Å². The van der Waals surface area contributed by atoms with E-state index in [4.69, 9.17) is 0 Å². The molecule has 1 atom stereocenters. The molecule has 16 heavy (non-hydrogen) atoms. The van der Waals surface area contributed by atoms with Gasteiger partial charge in [0.15, 0.2) is 11.6 Å². The van der Waals surface area contributed by atoms with Crippen molar-refractivity contribution in [2.24, 2.45) is 5.92 Å². The fraction of sp³-hybridized carbons (Fsp3) is 0.143. The van der Waals surface area contributed by atoms with Crippen molar-refractivity contribution in [3.05, 3.63) is 54.1 Å². The third kappa shape index (κ3) is 2.54. The van der Waals surface area contributed by atoms with Crippen LogP contribution in [0.4, 0.5) is 0 Å². The van der Waals surface area contributed by atoms with Crippen LogP contribution in [0.2, 0.25) is 0 Å². The van der Waals surface area contributed by atoms with E-state index < -0.39 is 0 Å². The molecule has 0 fully saturated rings. The van der Waals surface area contributed by atoms with Gasteiger partial charge < -0.3 is 0 Å². The number of Topliss-reactive ketones (excluding diaryl/α,β-unsaturated/α-hetero) is 1. The van der Waals surface area contributed by atoms with Gasteiger partial charge in [0.05, 0.1) is 12.3 Å². The van der Waals surface area contributed by atoms with Gasteiger partial charge in [0, 0.05) is 0 Å². The predicted molar refractivity (Wildman–Crippen MR) is 62.7 cm³/mol. The van der Waals surface area contributed by atoms with E-state index >= 15 is 0 Å². The van der Waals surface area contributed by atoms with Gasteiger partial charge in [-0.25, -0.2) is 0 Å². The molecule has 2 rings (SSSR count). The number of ketones is 2. The number of rotatable bonds is 2. The summed E-state index contributed by atoms with van der Waals surface area (Å²) in [6.45, 7) is 0. The SMILES string of the molecule is O=C1C=CC(C=Cc2ccccc2)C(=O)C1. The molecule has 1 aromatic carbocycles. The standard InChI is InChI=1S/C14H12O2/c15-13-9-8-12(14(16)10-13)7-6-11-4-2-1-3-5-11/h1-9,12H,10H2. The van der Waals surface area contributed by atoms with Crippen molar-refractivity contribution in [2.75, 3.05) is 0 Å². The van der Waals surface area contributed by atoms with Crippen LogP contribution in [0.25, 0.3) is 6.08 Å². The Balaban J connectivity index is 2.11. The maximum Gasteiger partial charge on any atom is 0.162 e. The number of carbonyl (C=O) groups excluding carboxylic acids is 2. The second-order valence-electron chi connectivity index (χ2n) is 3.76. The first kappa shape index (κ1) is 10.6. The molecule has 80 valence electrons. The number of carbonyl (C=O) groups is 2. The molecule has 0 amide bonds. The van der Waals surface area contributed by atoms with Gasteiger partial charge in [0.2, 0.25) is 0 Å². The largest absolute Gasteiger partial charge is 0.298 e. The Hall–Kier alpha value is -1.96. The summed E-state index contributed by atoms with van der Waals surface area (Å²) in [7, 11) is 0. The summed E-state index contributed by atoms with van der Waals surface area (Å²) in [4.78, 5) is 22.5. The average molecular weight is 212 g/mol. The number of hydrogen-bond donors (Lipinski definition) is 0. The zero-order valence-corrected chi connectivity index (χ0v) is 8.80. The summed E-state index contributed by atoms with van der Waals surface area (Å²) in [5.74, 6) is -0.382. The Bertz CT molecular complexity index is 455. The van der Waals surface area contributed by atoms with Gasteiger partial charge in [0.25, 0.3) is 0 Å². The maximum absolute atomic E-state index is 11.5. The molecular formula is C14H12O2. The van der Waals surface area contributed by atoms with Crippen molar-refractivity contribution in [2.45, 2.75) is 6.42 Å². The molecule has 1 unspecified atom stereocenters. The summed E-state index contributed by atoms with van der Waals surface area (Å²) >= 11 is 0. The molecule has 0 bridgehead atoms. The Morgan fingerprint density at radius 1 is 1.12 bits per heavy atom. The highest BCUT2D eigenvalue weighted by atomic mass is 16.1. The second kappa shape index (κ2) is 4.71. The summed E-state index contributed by atoms with van der Waals surface area (Å²) in [5, 5.41) is 0. The van der Waals surface area contributed by atoms with E-state index in [0.29, 0.717) is 0 Å². The van der Waals surface area contributed by atoms with E-state index in [1.54, 1.807) is 6.08 Å². The average Bonchev–Trinajstić information content (AvgIpc) is 2.29. The first-order chi connectivity index (χ1) is 7.75. The zero-order valence-electron chi connectivity index (χ0n) is 8.80. The first-order valence-electron chi connectivity index (χ1n) is 5.23. The topological polar surface area (TPSA) is 34.1 Å². The van der Waals surface area contributed by atoms with Gasteiger partial charge in [-0.1, -0.05) is 48.6 Å². The molecule has 0 aromatic heterocycles.